The minimum atomic E-state index is -0.689. The van der Waals surface area contributed by atoms with Gasteiger partial charge in [-0.25, -0.2) is 9.59 Å². The van der Waals surface area contributed by atoms with Crippen molar-refractivity contribution in [3.8, 4) is 5.75 Å². The van der Waals surface area contributed by atoms with E-state index < -0.39 is 11.7 Å². The molecule has 2 aliphatic heterocycles. The molecular formula is C20H23N3O5. The Bertz CT molecular complexity index is 1010. The number of likely N-dealkylation sites (N-methyl/N-ethyl adjacent to an activating group) is 1. The van der Waals surface area contributed by atoms with Gasteiger partial charge in [-0.05, 0) is 31.0 Å². The first-order valence-corrected chi connectivity index (χ1v) is 9.37. The fraction of sp³-hybridized carbons (Fsp3) is 0.450. The fourth-order valence-electron chi connectivity index (χ4n) is 3.92. The molecule has 0 saturated carbocycles. The molecule has 2 saturated heterocycles. The largest absolute Gasteiger partial charge is 0.481 e. The van der Waals surface area contributed by atoms with Gasteiger partial charge in [0.25, 0.3) is 5.91 Å². The van der Waals surface area contributed by atoms with E-state index in [1.807, 2.05) is 13.0 Å². The molecular weight excluding hydrogens is 362 g/mol. The number of amides is 3. The minimum Gasteiger partial charge on any atom is -0.481 e. The number of carbonyl (C=O) groups is 2. The number of fused-ring (bicyclic) bond motifs is 1. The Morgan fingerprint density at radius 2 is 2.07 bits per heavy atom. The highest BCUT2D eigenvalue weighted by Crippen LogP contribution is 2.31. The summed E-state index contributed by atoms with van der Waals surface area (Å²) in [7, 11) is 1.75. The summed E-state index contributed by atoms with van der Waals surface area (Å²) in [5, 5.41) is 3.66. The lowest BCUT2D eigenvalue weighted by molar-refractivity contribution is -0.148. The van der Waals surface area contributed by atoms with E-state index in [1.54, 1.807) is 35.9 Å². The molecule has 1 aromatic carbocycles. The second kappa shape index (κ2) is 6.54. The smallest absolute Gasteiger partial charge is 0.336 e. The average molecular weight is 385 g/mol. The number of nitrogens with zero attached hydrogens (tertiary/aromatic N) is 2. The van der Waals surface area contributed by atoms with Crippen LogP contribution in [0, 0.1) is 0 Å². The molecule has 4 rings (SSSR count). The highest BCUT2D eigenvalue weighted by molar-refractivity contribution is 5.85. The van der Waals surface area contributed by atoms with Gasteiger partial charge in [-0.3, -0.25) is 4.79 Å². The Hall–Kier alpha value is -3.03. The first kappa shape index (κ1) is 18.3. The first-order valence-electron chi connectivity index (χ1n) is 9.37. The fourth-order valence-corrected chi connectivity index (χ4v) is 3.92. The summed E-state index contributed by atoms with van der Waals surface area (Å²) in [5.74, 6) is 0.331. The molecule has 148 valence electrons. The predicted molar refractivity (Wildman–Crippen MR) is 102 cm³/mol. The highest BCUT2D eigenvalue weighted by Gasteiger charge is 2.54. The molecule has 2 aromatic rings. The van der Waals surface area contributed by atoms with Gasteiger partial charge >= 0.3 is 11.7 Å². The van der Waals surface area contributed by atoms with E-state index in [9.17, 15) is 14.4 Å². The molecule has 1 unspecified atom stereocenters. The number of rotatable bonds is 4. The van der Waals surface area contributed by atoms with E-state index in [0.717, 1.165) is 17.4 Å². The van der Waals surface area contributed by atoms with Crippen molar-refractivity contribution in [3.63, 3.8) is 0 Å². The zero-order valence-electron chi connectivity index (χ0n) is 16.2. The normalized spacial score (nSPS) is 18.9. The molecule has 2 aliphatic rings. The van der Waals surface area contributed by atoms with Crippen molar-refractivity contribution in [2.24, 2.45) is 0 Å². The van der Waals surface area contributed by atoms with E-state index in [-0.39, 0.29) is 17.5 Å². The zero-order valence-corrected chi connectivity index (χ0v) is 16.2. The SMILES string of the molecule is CCc1cc(=O)oc2cc(OC(C)C(=O)N3CC4(CNC(=O)N4C)C3)ccc12. The van der Waals surface area contributed by atoms with Gasteiger partial charge in [0.1, 0.15) is 11.3 Å². The Labute approximate surface area is 162 Å². The molecule has 3 heterocycles. The quantitative estimate of drug-likeness (QED) is 0.803. The van der Waals surface area contributed by atoms with Crippen molar-refractivity contribution in [2.45, 2.75) is 31.9 Å². The first-order chi connectivity index (χ1) is 13.3. The molecule has 0 bridgehead atoms. The van der Waals surface area contributed by atoms with Crippen molar-refractivity contribution in [1.29, 1.82) is 0 Å². The minimum absolute atomic E-state index is 0.111. The third kappa shape index (κ3) is 2.89. The van der Waals surface area contributed by atoms with Gasteiger partial charge in [0.15, 0.2) is 6.10 Å². The second-order valence-electron chi connectivity index (χ2n) is 7.50. The molecule has 28 heavy (non-hydrogen) atoms. The van der Waals surface area contributed by atoms with Crippen molar-refractivity contribution < 1.29 is 18.7 Å². The van der Waals surface area contributed by atoms with Gasteiger partial charge in [-0.1, -0.05) is 6.92 Å². The summed E-state index contributed by atoms with van der Waals surface area (Å²) in [6, 6.07) is 6.64. The summed E-state index contributed by atoms with van der Waals surface area (Å²) in [6.45, 7) is 5.19. The van der Waals surface area contributed by atoms with Crippen LogP contribution in [0.4, 0.5) is 4.79 Å². The number of nitrogens with one attached hydrogen (secondary N) is 1. The third-order valence-corrected chi connectivity index (χ3v) is 5.71. The molecule has 1 aromatic heterocycles. The molecule has 0 radical (unpaired) electrons. The van der Waals surface area contributed by atoms with E-state index in [4.69, 9.17) is 9.15 Å². The van der Waals surface area contributed by atoms with Gasteiger partial charge in [-0.15, -0.1) is 0 Å². The lowest BCUT2D eigenvalue weighted by atomic mass is 9.89. The van der Waals surface area contributed by atoms with Gasteiger partial charge in [0, 0.05) is 44.2 Å². The number of benzene rings is 1. The molecule has 1 atom stereocenters. The lowest BCUT2D eigenvalue weighted by Gasteiger charge is -2.50. The zero-order chi connectivity index (χ0) is 20.1. The van der Waals surface area contributed by atoms with Crippen LogP contribution in [-0.2, 0) is 11.2 Å². The molecule has 2 fully saturated rings. The van der Waals surface area contributed by atoms with Crippen LogP contribution in [0.15, 0.2) is 33.5 Å². The van der Waals surface area contributed by atoms with Crippen molar-refractivity contribution >= 4 is 22.9 Å². The number of ether oxygens (including phenoxy) is 1. The van der Waals surface area contributed by atoms with E-state index in [0.29, 0.717) is 31.0 Å². The standard InChI is InChI=1S/C20H23N3O5/c1-4-13-7-17(24)28-16-8-14(5-6-15(13)16)27-12(2)18(25)23-10-20(11-23)9-21-19(26)22(20)3/h5-8,12H,4,9-11H2,1-3H3,(H,21,26). The molecule has 1 N–H and O–H groups in total. The number of urea groups is 1. The molecule has 1 spiro atoms. The maximum atomic E-state index is 12.7. The second-order valence-corrected chi connectivity index (χ2v) is 7.50. The molecule has 3 amide bonds. The monoisotopic (exact) mass is 385 g/mol. The van der Waals surface area contributed by atoms with Crippen LogP contribution in [0.1, 0.15) is 19.4 Å². The topological polar surface area (TPSA) is 92.1 Å². The van der Waals surface area contributed by atoms with Gasteiger partial charge in [0.2, 0.25) is 0 Å². The summed E-state index contributed by atoms with van der Waals surface area (Å²) >= 11 is 0. The lowest BCUT2D eigenvalue weighted by Crippen LogP contribution is -2.71. The molecule has 8 nitrogen and oxygen atoms in total. The Morgan fingerprint density at radius 3 is 2.71 bits per heavy atom. The number of hydrogen-bond donors (Lipinski definition) is 1. The highest BCUT2D eigenvalue weighted by atomic mass is 16.5. The summed E-state index contributed by atoms with van der Waals surface area (Å²) in [6.07, 6.45) is 0.0333. The van der Waals surface area contributed by atoms with Gasteiger partial charge in [-0.2, -0.15) is 0 Å². The van der Waals surface area contributed by atoms with E-state index in [2.05, 4.69) is 5.32 Å². The summed E-state index contributed by atoms with van der Waals surface area (Å²) in [5.41, 5.74) is 0.647. The summed E-state index contributed by atoms with van der Waals surface area (Å²) in [4.78, 5) is 39.4. The van der Waals surface area contributed by atoms with Crippen molar-refractivity contribution in [1.82, 2.24) is 15.1 Å². The average Bonchev–Trinajstić information content (AvgIpc) is 2.94. The Balaban J connectivity index is 1.45. The summed E-state index contributed by atoms with van der Waals surface area (Å²) < 4.78 is 11.1. The van der Waals surface area contributed by atoms with Crippen LogP contribution >= 0.6 is 0 Å². The maximum Gasteiger partial charge on any atom is 0.336 e. The van der Waals surface area contributed by atoms with Gasteiger partial charge in [0.05, 0.1) is 5.54 Å². The number of likely N-dealkylation sites (tertiary alicyclic amines) is 1. The Morgan fingerprint density at radius 1 is 1.32 bits per heavy atom. The van der Waals surface area contributed by atoms with Crippen LogP contribution in [0.2, 0.25) is 0 Å². The van der Waals surface area contributed by atoms with Gasteiger partial charge < -0.3 is 24.3 Å². The number of hydrogen-bond acceptors (Lipinski definition) is 5. The predicted octanol–water partition coefficient (Wildman–Crippen LogP) is 1.36. The number of carbonyl (C=O) groups excluding carboxylic acids is 2. The Kier molecular flexibility index (Phi) is 4.28. The van der Waals surface area contributed by atoms with Crippen molar-refractivity contribution in [3.05, 3.63) is 40.2 Å². The molecule has 8 heteroatoms. The van der Waals surface area contributed by atoms with Crippen molar-refractivity contribution in [2.75, 3.05) is 26.7 Å². The number of aryl methyl sites for hydroxylation is 1. The van der Waals surface area contributed by atoms with Crippen LogP contribution in [0.3, 0.4) is 0 Å². The van der Waals surface area contributed by atoms with Crippen LogP contribution in [-0.4, -0.2) is 60.1 Å². The maximum absolute atomic E-state index is 12.7. The van der Waals surface area contributed by atoms with Crippen LogP contribution in [0.5, 0.6) is 5.75 Å². The van der Waals surface area contributed by atoms with E-state index >= 15 is 0 Å². The third-order valence-electron chi connectivity index (χ3n) is 5.71. The van der Waals surface area contributed by atoms with Crippen LogP contribution in [0.25, 0.3) is 11.0 Å². The van der Waals surface area contributed by atoms with Crippen LogP contribution < -0.4 is 15.7 Å². The van der Waals surface area contributed by atoms with E-state index in [1.165, 1.54) is 6.07 Å². The molecule has 0 aliphatic carbocycles.